The first-order chi connectivity index (χ1) is 14.7. The Kier molecular flexibility index (Phi) is 6.28. The first kappa shape index (κ1) is 20.0. The Hall–Kier alpha value is -3.34. The Morgan fingerprint density at radius 3 is 2.77 bits per heavy atom. The zero-order valence-corrected chi connectivity index (χ0v) is 17.2. The van der Waals surface area contributed by atoms with Crippen LogP contribution in [0.3, 0.4) is 0 Å². The van der Waals surface area contributed by atoms with Gasteiger partial charge in [-0.1, -0.05) is 18.2 Å². The number of anilines is 1. The van der Waals surface area contributed by atoms with Gasteiger partial charge >= 0.3 is 0 Å². The molecule has 0 saturated heterocycles. The molecule has 154 valence electrons. The van der Waals surface area contributed by atoms with E-state index in [-0.39, 0.29) is 5.91 Å². The van der Waals surface area contributed by atoms with Gasteiger partial charge in [0.15, 0.2) is 11.5 Å². The molecule has 0 aliphatic heterocycles. The number of carbonyl (C=O) groups is 1. The standard InChI is InChI=1S/C25H26N2O3/c1-2-29-24-15-20(12-13-23(24)30-17-18-7-6-14-26-16-18)25(28)27-22-11-5-9-19-8-3-4-10-21(19)22/h5-7,9,11-16H,2-4,8,10,17H2,1H3,(H,27,28). The maximum atomic E-state index is 12.9. The maximum absolute atomic E-state index is 12.9. The number of hydrogen-bond donors (Lipinski definition) is 1. The predicted molar refractivity (Wildman–Crippen MR) is 117 cm³/mol. The molecule has 1 amide bonds. The van der Waals surface area contributed by atoms with Gasteiger partial charge in [0.25, 0.3) is 5.91 Å². The fourth-order valence-corrected chi connectivity index (χ4v) is 3.77. The van der Waals surface area contributed by atoms with Gasteiger partial charge in [0.05, 0.1) is 6.61 Å². The summed E-state index contributed by atoms with van der Waals surface area (Å²) < 4.78 is 11.6. The van der Waals surface area contributed by atoms with E-state index >= 15 is 0 Å². The van der Waals surface area contributed by atoms with Crippen LogP contribution in [0.1, 0.15) is 46.8 Å². The molecule has 1 aromatic heterocycles. The molecule has 2 aromatic carbocycles. The number of amides is 1. The van der Waals surface area contributed by atoms with Crippen LogP contribution < -0.4 is 14.8 Å². The third kappa shape index (κ3) is 4.62. The molecule has 0 unspecified atom stereocenters. The lowest BCUT2D eigenvalue weighted by Gasteiger charge is -2.20. The highest BCUT2D eigenvalue weighted by Crippen LogP contribution is 2.31. The number of fused-ring (bicyclic) bond motifs is 1. The van der Waals surface area contributed by atoms with E-state index < -0.39 is 0 Å². The minimum atomic E-state index is -0.145. The summed E-state index contributed by atoms with van der Waals surface area (Å²) in [7, 11) is 0. The number of nitrogens with zero attached hydrogens (tertiary/aromatic N) is 1. The van der Waals surface area contributed by atoms with Gasteiger partial charge in [-0.15, -0.1) is 0 Å². The Labute approximate surface area is 177 Å². The molecule has 1 aliphatic rings. The minimum absolute atomic E-state index is 0.145. The Bertz CT molecular complexity index is 1020. The molecule has 1 aliphatic carbocycles. The molecule has 0 saturated carbocycles. The minimum Gasteiger partial charge on any atom is -0.490 e. The monoisotopic (exact) mass is 402 g/mol. The summed E-state index contributed by atoms with van der Waals surface area (Å²) in [5.41, 5.74) is 5.02. The van der Waals surface area contributed by atoms with Crippen molar-refractivity contribution in [3.63, 3.8) is 0 Å². The lowest BCUT2D eigenvalue weighted by atomic mass is 9.90. The zero-order valence-electron chi connectivity index (χ0n) is 17.2. The molecule has 4 rings (SSSR count). The highest BCUT2D eigenvalue weighted by molar-refractivity contribution is 6.05. The van der Waals surface area contributed by atoms with Crippen LogP contribution in [0.15, 0.2) is 60.9 Å². The van der Waals surface area contributed by atoms with Crippen LogP contribution >= 0.6 is 0 Å². The number of benzene rings is 2. The molecule has 0 spiro atoms. The van der Waals surface area contributed by atoms with Gasteiger partial charge in [0.1, 0.15) is 6.61 Å². The van der Waals surface area contributed by atoms with Crippen LogP contribution in [0.2, 0.25) is 0 Å². The van der Waals surface area contributed by atoms with Crippen molar-refractivity contribution in [1.29, 1.82) is 0 Å². The summed E-state index contributed by atoms with van der Waals surface area (Å²) in [6.07, 6.45) is 7.96. The second-order valence-corrected chi connectivity index (χ2v) is 7.35. The molecule has 0 bridgehead atoms. The molecular weight excluding hydrogens is 376 g/mol. The third-order valence-electron chi connectivity index (χ3n) is 5.27. The molecule has 0 fully saturated rings. The van der Waals surface area contributed by atoms with E-state index in [2.05, 4.69) is 16.4 Å². The van der Waals surface area contributed by atoms with E-state index in [1.807, 2.05) is 31.2 Å². The first-order valence-corrected chi connectivity index (χ1v) is 10.4. The fraction of sp³-hybridized carbons (Fsp3) is 0.280. The Morgan fingerprint density at radius 1 is 1.03 bits per heavy atom. The number of aromatic nitrogens is 1. The second-order valence-electron chi connectivity index (χ2n) is 7.35. The summed E-state index contributed by atoms with van der Waals surface area (Å²) in [6.45, 7) is 2.78. The molecular formula is C25H26N2O3. The fourth-order valence-electron chi connectivity index (χ4n) is 3.77. The second kappa shape index (κ2) is 9.44. The van der Waals surface area contributed by atoms with Gasteiger partial charge in [-0.25, -0.2) is 0 Å². The molecule has 5 heteroatoms. The summed E-state index contributed by atoms with van der Waals surface area (Å²) in [5.74, 6) is 1.02. The zero-order chi connectivity index (χ0) is 20.8. The molecule has 30 heavy (non-hydrogen) atoms. The molecule has 1 heterocycles. The smallest absolute Gasteiger partial charge is 0.255 e. The van der Waals surface area contributed by atoms with E-state index in [1.54, 1.807) is 30.6 Å². The van der Waals surface area contributed by atoms with Crippen molar-refractivity contribution in [1.82, 2.24) is 4.98 Å². The number of aryl methyl sites for hydroxylation is 1. The molecule has 3 aromatic rings. The molecule has 1 N–H and O–H groups in total. The average molecular weight is 402 g/mol. The number of pyridine rings is 1. The number of ether oxygens (including phenoxy) is 2. The Morgan fingerprint density at radius 2 is 1.93 bits per heavy atom. The van der Waals surface area contributed by atoms with Crippen molar-refractivity contribution in [2.45, 2.75) is 39.2 Å². The van der Waals surface area contributed by atoms with Crippen LogP contribution in [-0.2, 0) is 19.4 Å². The van der Waals surface area contributed by atoms with Gasteiger partial charge < -0.3 is 14.8 Å². The van der Waals surface area contributed by atoms with Gasteiger partial charge in [0.2, 0.25) is 0 Å². The highest BCUT2D eigenvalue weighted by atomic mass is 16.5. The van der Waals surface area contributed by atoms with Crippen molar-refractivity contribution in [2.24, 2.45) is 0 Å². The Balaban J connectivity index is 1.51. The molecule has 5 nitrogen and oxygen atoms in total. The SMILES string of the molecule is CCOc1cc(C(=O)Nc2cccc3c2CCCC3)ccc1OCc1cccnc1. The number of rotatable bonds is 7. The largest absolute Gasteiger partial charge is 0.490 e. The first-order valence-electron chi connectivity index (χ1n) is 10.4. The van der Waals surface area contributed by atoms with Crippen LogP contribution in [0, 0.1) is 0 Å². The van der Waals surface area contributed by atoms with Crippen LogP contribution in [0.25, 0.3) is 0 Å². The summed E-state index contributed by atoms with van der Waals surface area (Å²) >= 11 is 0. The topological polar surface area (TPSA) is 60.5 Å². The van der Waals surface area contributed by atoms with E-state index in [1.165, 1.54) is 17.5 Å². The van der Waals surface area contributed by atoms with Crippen molar-refractivity contribution >= 4 is 11.6 Å². The van der Waals surface area contributed by atoms with Crippen molar-refractivity contribution in [3.8, 4) is 11.5 Å². The van der Waals surface area contributed by atoms with Crippen molar-refractivity contribution < 1.29 is 14.3 Å². The normalized spacial score (nSPS) is 12.7. The average Bonchev–Trinajstić information content (AvgIpc) is 2.79. The quantitative estimate of drug-likeness (QED) is 0.591. The van der Waals surface area contributed by atoms with Gasteiger partial charge in [0, 0.05) is 29.2 Å². The van der Waals surface area contributed by atoms with Gasteiger partial charge in [-0.05, 0) is 74.1 Å². The maximum Gasteiger partial charge on any atom is 0.255 e. The van der Waals surface area contributed by atoms with Crippen LogP contribution in [-0.4, -0.2) is 17.5 Å². The third-order valence-corrected chi connectivity index (χ3v) is 5.27. The number of carbonyl (C=O) groups excluding carboxylic acids is 1. The molecule has 0 atom stereocenters. The lowest BCUT2D eigenvalue weighted by molar-refractivity contribution is 0.102. The highest BCUT2D eigenvalue weighted by Gasteiger charge is 2.17. The van der Waals surface area contributed by atoms with Crippen LogP contribution in [0.5, 0.6) is 11.5 Å². The summed E-state index contributed by atoms with van der Waals surface area (Å²) in [5, 5.41) is 3.09. The van der Waals surface area contributed by atoms with Crippen LogP contribution in [0.4, 0.5) is 5.69 Å². The van der Waals surface area contributed by atoms with E-state index in [9.17, 15) is 4.79 Å². The molecule has 0 radical (unpaired) electrons. The van der Waals surface area contributed by atoms with Gasteiger partial charge in [-0.2, -0.15) is 0 Å². The summed E-state index contributed by atoms with van der Waals surface area (Å²) in [6, 6.07) is 15.3. The van der Waals surface area contributed by atoms with E-state index in [4.69, 9.17) is 9.47 Å². The van der Waals surface area contributed by atoms with Crippen molar-refractivity contribution in [3.05, 3.63) is 83.2 Å². The number of nitrogens with one attached hydrogen (secondary N) is 1. The van der Waals surface area contributed by atoms with E-state index in [0.717, 1.165) is 30.5 Å². The number of hydrogen-bond acceptors (Lipinski definition) is 4. The lowest BCUT2D eigenvalue weighted by Crippen LogP contribution is -2.15. The predicted octanol–water partition coefficient (Wildman–Crippen LogP) is 5.19. The van der Waals surface area contributed by atoms with E-state index in [0.29, 0.717) is 30.3 Å². The summed E-state index contributed by atoms with van der Waals surface area (Å²) in [4.78, 5) is 17.0. The van der Waals surface area contributed by atoms with Gasteiger partial charge in [-0.3, -0.25) is 9.78 Å². The van der Waals surface area contributed by atoms with Crippen molar-refractivity contribution in [2.75, 3.05) is 11.9 Å².